The van der Waals surface area contributed by atoms with E-state index in [9.17, 15) is 19.5 Å². The molecular weight excluding hydrogens is 340 g/mol. The molecule has 0 aliphatic heterocycles. The summed E-state index contributed by atoms with van der Waals surface area (Å²) in [5, 5.41) is 11.8. The average Bonchev–Trinajstić information content (AvgIpc) is 2.55. The number of carbonyl (C=O) groups is 3. The Kier molecular flexibility index (Phi) is 7.57. The minimum atomic E-state index is -2.16. The van der Waals surface area contributed by atoms with Gasteiger partial charge < -0.3 is 25.6 Å². The van der Waals surface area contributed by atoms with Gasteiger partial charge in [-0.05, 0) is 39.2 Å². The molecule has 26 heavy (non-hydrogen) atoms. The number of hydrogen-bond acceptors (Lipinski definition) is 6. The van der Waals surface area contributed by atoms with Crippen LogP contribution in [0.1, 0.15) is 39.2 Å². The normalized spacial score (nSPS) is 13.4. The lowest BCUT2D eigenvalue weighted by atomic mass is 9.94. The van der Waals surface area contributed by atoms with Crippen LogP contribution in [0.15, 0.2) is 30.3 Å². The molecule has 0 saturated heterocycles. The maximum atomic E-state index is 12.1. The first-order valence-corrected chi connectivity index (χ1v) is 8.25. The van der Waals surface area contributed by atoms with Crippen molar-refractivity contribution in [2.45, 2.75) is 51.4 Å². The molecule has 0 spiro atoms. The summed E-state index contributed by atoms with van der Waals surface area (Å²) in [6.45, 7) is 5.11. The number of esters is 1. The Bertz CT molecular complexity index is 626. The molecule has 1 amide bonds. The van der Waals surface area contributed by atoms with Crippen LogP contribution in [0, 0.1) is 0 Å². The van der Waals surface area contributed by atoms with E-state index < -0.39 is 29.2 Å². The van der Waals surface area contributed by atoms with Gasteiger partial charge in [0.25, 0.3) is 0 Å². The molecule has 144 valence electrons. The fraction of sp³-hybridized carbons (Fsp3) is 0.500. The van der Waals surface area contributed by atoms with Gasteiger partial charge in [-0.25, -0.2) is 14.4 Å². The van der Waals surface area contributed by atoms with Gasteiger partial charge >= 0.3 is 18.0 Å². The highest BCUT2D eigenvalue weighted by Crippen LogP contribution is 2.17. The number of nitrogens with two attached hydrogens (primary N) is 1. The van der Waals surface area contributed by atoms with E-state index in [1.807, 2.05) is 30.3 Å². The molecule has 0 unspecified atom stereocenters. The summed E-state index contributed by atoms with van der Waals surface area (Å²) >= 11 is 0. The fourth-order valence-electron chi connectivity index (χ4n) is 2.00. The second-order valence-corrected chi connectivity index (χ2v) is 6.87. The third kappa shape index (κ3) is 7.10. The molecule has 0 heterocycles. The molecule has 0 fully saturated rings. The Hall–Kier alpha value is -2.61. The highest BCUT2D eigenvalue weighted by Gasteiger charge is 2.44. The van der Waals surface area contributed by atoms with Gasteiger partial charge in [0.15, 0.2) is 0 Å². The maximum Gasteiger partial charge on any atom is 0.407 e. The van der Waals surface area contributed by atoms with E-state index in [2.05, 4.69) is 5.32 Å². The quantitative estimate of drug-likeness (QED) is 0.364. The molecule has 0 aliphatic carbocycles. The zero-order valence-corrected chi connectivity index (χ0v) is 15.3. The number of aliphatic carboxylic acids is 1. The summed E-state index contributed by atoms with van der Waals surface area (Å²) in [7, 11) is 0. The summed E-state index contributed by atoms with van der Waals surface area (Å²) in [4.78, 5) is 35.1. The third-order valence-corrected chi connectivity index (χ3v) is 3.37. The van der Waals surface area contributed by atoms with Crippen molar-refractivity contribution in [3.63, 3.8) is 0 Å². The fourth-order valence-corrected chi connectivity index (χ4v) is 2.00. The average molecular weight is 366 g/mol. The minimum Gasteiger partial charge on any atom is -0.479 e. The smallest absolute Gasteiger partial charge is 0.407 e. The second-order valence-electron chi connectivity index (χ2n) is 6.87. The highest BCUT2D eigenvalue weighted by atomic mass is 16.6. The number of carboxylic acid groups (broad SMARTS) is 1. The van der Waals surface area contributed by atoms with Crippen LogP contribution in [0.5, 0.6) is 0 Å². The number of carbonyl (C=O) groups excluding carboxylic acids is 2. The predicted octanol–water partition coefficient (Wildman–Crippen LogP) is 1.82. The van der Waals surface area contributed by atoms with E-state index in [-0.39, 0.29) is 26.0 Å². The zero-order chi connectivity index (χ0) is 19.8. The van der Waals surface area contributed by atoms with Gasteiger partial charge in [0.1, 0.15) is 12.2 Å². The summed E-state index contributed by atoms with van der Waals surface area (Å²) in [5.74, 6) is -2.48. The number of hydrogen-bond donors (Lipinski definition) is 3. The van der Waals surface area contributed by atoms with E-state index in [1.165, 1.54) is 0 Å². The molecule has 0 saturated carbocycles. The van der Waals surface area contributed by atoms with E-state index >= 15 is 0 Å². The van der Waals surface area contributed by atoms with Gasteiger partial charge in [0.2, 0.25) is 5.54 Å². The monoisotopic (exact) mass is 366 g/mol. The molecule has 0 radical (unpaired) electrons. The number of ether oxygens (including phenoxy) is 2. The van der Waals surface area contributed by atoms with Gasteiger partial charge in [-0.1, -0.05) is 30.3 Å². The number of carboxylic acids is 1. The van der Waals surface area contributed by atoms with Crippen LogP contribution in [0.4, 0.5) is 4.79 Å². The number of benzene rings is 1. The summed E-state index contributed by atoms with van der Waals surface area (Å²) in [5.41, 5.74) is 3.56. The molecule has 1 rings (SSSR count). The first-order chi connectivity index (χ1) is 12.0. The minimum absolute atomic E-state index is 0.114. The Balaban J connectivity index is 2.42. The summed E-state index contributed by atoms with van der Waals surface area (Å²) < 4.78 is 10.1. The standard InChI is InChI=1S/C18H26N2O6/c1-17(2,3)26-15(23)18(19,14(21)22)10-7-11-20-16(24)25-12-13-8-5-4-6-9-13/h4-6,8-9H,7,10-12,19H2,1-3H3,(H,20,24)(H,21,22)/t18-/m1/s1. The van der Waals surface area contributed by atoms with Crippen molar-refractivity contribution in [1.82, 2.24) is 5.32 Å². The lowest BCUT2D eigenvalue weighted by Gasteiger charge is -2.28. The lowest BCUT2D eigenvalue weighted by Crippen LogP contribution is -2.57. The molecule has 1 aromatic carbocycles. The van der Waals surface area contributed by atoms with Gasteiger partial charge in [0.05, 0.1) is 0 Å². The van der Waals surface area contributed by atoms with Crippen LogP contribution in [-0.2, 0) is 25.7 Å². The third-order valence-electron chi connectivity index (χ3n) is 3.37. The number of alkyl carbamates (subject to hydrolysis) is 1. The van der Waals surface area contributed by atoms with Crippen molar-refractivity contribution < 1.29 is 29.0 Å². The largest absolute Gasteiger partial charge is 0.479 e. The summed E-state index contributed by atoms with van der Waals surface area (Å²) in [6.07, 6.45) is -0.650. The molecule has 8 heteroatoms. The lowest BCUT2D eigenvalue weighted by molar-refractivity contribution is -0.169. The topological polar surface area (TPSA) is 128 Å². The zero-order valence-electron chi connectivity index (χ0n) is 15.3. The van der Waals surface area contributed by atoms with Gasteiger partial charge in [-0.3, -0.25) is 0 Å². The number of amides is 1. The molecule has 0 aliphatic rings. The van der Waals surface area contributed by atoms with Crippen molar-refractivity contribution in [3.8, 4) is 0 Å². The molecule has 1 atom stereocenters. The van der Waals surface area contributed by atoms with Crippen LogP contribution >= 0.6 is 0 Å². The number of nitrogens with one attached hydrogen (secondary N) is 1. The van der Waals surface area contributed by atoms with Crippen molar-refractivity contribution in [2.75, 3.05) is 6.54 Å². The molecule has 8 nitrogen and oxygen atoms in total. The Morgan fingerprint density at radius 1 is 1.15 bits per heavy atom. The van der Waals surface area contributed by atoms with Crippen molar-refractivity contribution in [2.24, 2.45) is 5.73 Å². The van der Waals surface area contributed by atoms with Crippen LogP contribution in [0.3, 0.4) is 0 Å². The van der Waals surface area contributed by atoms with E-state index in [0.717, 1.165) is 5.56 Å². The van der Waals surface area contributed by atoms with E-state index in [0.29, 0.717) is 0 Å². The van der Waals surface area contributed by atoms with Crippen molar-refractivity contribution in [1.29, 1.82) is 0 Å². The molecule has 1 aromatic rings. The van der Waals surface area contributed by atoms with Crippen LogP contribution < -0.4 is 11.1 Å². The predicted molar refractivity (Wildman–Crippen MR) is 94.3 cm³/mol. The SMILES string of the molecule is CC(C)(C)OC(=O)[C@@](N)(CCCNC(=O)OCc1ccccc1)C(=O)O. The second kappa shape index (κ2) is 9.19. The van der Waals surface area contributed by atoms with E-state index in [4.69, 9.17) is 15.2 Å². The van der Waals surface area contributed by atoms with Crippen LogP contribution in [-0.4, -0.2) is 40.8 Å². The Morgan fingerprint density at radius 3 is 2.31 bits per heavy atom. The number of rotatable bonds is 8. The molecule has 4 N–H and O–H groups in total. The van der Waals surface area contributed by atoms with Gasteiger partial charge in [-0.2, -0.15) is 0 Å². The van der Waals surface area contributed by atoms with Crippen molar-refractivity contribution in [3.05, 3.63) is 35.9 Å². The molecule has 0 bridgehead atoms. The Labute approximate surface area is 152 Å². The molecule has 0 aromatic heterocycles. The van der Waals surface area contributed by atoms with Gasteiger partial charge in [-0.15, -0.1) is 0 Å². The van der Waals surface area contributed by atoms with Gasteiger partial charge in [0, 0.05) is 6.54 Å². The van der Waals surface area contributed by atoms with Crippen LogP contribution in [0.25, 0.3) is 0 Å². The first-order valence-electron chi connectivity index (χ1n) is 8.25. The highest BCUT2D eigenvalue weighted by molar-refractivity contribution is 6.03. The molecular formula is C18H26N2O6. The van der Waals surface area contributed by atoms with Crippen molar-refractivity contribution >= 4 is 18.0 Å². The Morgan fingerprint density at radius 2 is 1.77 bits per heavy atom. The van der Waals surface area contributed by atoms with E-state index in [1.54, 1.807) is 20.8 Å². The maximum absolute atomic E-state index is 12.1. The summed E-state index contributed by atoms with van der Waals surface area (Å²) in [6, 6.07) is 9.17. The first kappa shape index (κ1) is 21.4. The van der Waals surface area contributed by atoms with Crippen LogP contribution in [0.2, 0.25) is 0 Å².